The molecule has 0 saturated carbocycles. The lowest BCUT2D eigenvalue weighted by molar-refractivity contribution is -0.132. The zero-order chi connectivity index (χ0) is 17.6. The Labute approximate surface area is 161 Å². The van der Waals surface area contributed by atoms with E-state index in [9.17, 15) is 4.79 Å². The lowest BCUT2D eigenvalue weighted by Gasteiger charge is -2.21. The molecule has 0 aliphatic carbocycles. The highest BCUT2D eigenvalue weighted by Crippen LogP contribution is 2.29. The molecule has 1 heterocycles. The average Bonchev–Trinajstić information content (AvgIpc) is 3.04. The first-order chi connectivity index (χ1) is 12.2. The summed E-state index contributed by atoms with van der Waals surface area (Å²) in [5, 5.41) is 0. The average molecular weight is 375 g/mol. The van der Waals surface area contributed by atoms with Gasteiger partial charge in [-0.15, -0.1) is 12.4 Å². The molecule has 26 heavy (non-hydrogen) atoms. The molecular formula is C21H27ClN2O2. The molecular weight excluding hydrogens is 348 g/mol. The molecule has 2 unspecified atom stereocenters. The number of likely N-dealkylation sites (tertiary alicyclic amines) is 1. The molecule has 1 amide bonds. The first kappa shape index (κ1) is 20.3. The Hall–Kier alpha value is -2.04. The minimum Gasteiger partial charge on any atom is -0.492 e. The van der Waals surface area contributed by atoms with E-state index in [1.54, 1.807) is 0 Å². The van der Waals surface area contributed by atoms with Crippen LogP contribution in [0.3, 0.4) is 0 Å². The lowest BCUT2D eigenvalue weighted by atomic mass is 10.1. The summed E-state index contributed by atoms with van der Waals surface area (Å²) >= 11 is 0. The number of amides is 1. The van der Waals surface area contributed by atoms with Gasteiger partial charge in [-0.3, -0.25) is 4.79 Å². The van der Waals surface area contributed by atoms with Crippen LogP contribution in [0.4, 0.5) is 0 Å². The van der Waals surface area contributed by atoms with Gasteiger partial charge in [0.15, 0.2) is 0 Å². The summed E-state index contributed by atoms with van der Waals surface area (Å²) in [6.07, 6.45) is 1.39. The van der Waals surface area contributed by atoms with Crippen molar-refractivity contribution in [2.75, 3.05) is 19.7 Å². The van der Waals surface area contributed by atoms with Crippen molar-refractivity contribution < 1.29 is 9.53 Å². The van der Waals surface area contributed by atoms with Gasteiger partial charge in [0, 0.05) is 18.2 Å². The Balaban J connectivity index is 0.00000243. The summed E-state index contributed by atoms with van der Waals surface area (Å²) in [5.41, 5.74) is 7.91. The molecule has 1 aliphatic heterocycles. The molecule has 4 nitrogen and oxygen atoms in total. The van der Waals surface area contributed by atoms with Crippen molar-refractivity contribution in [1.29, 1.82) is 0 Å². The smallest absolute Gasteiger partial charge is 0.226 e. The second-order valence-electron chi connectivity index (χ2n) is 6.69. The number of benzene rings is 2. The van der Waals surface area contributed by atoms with Crippen LogP contribution >= 0.6 is 12.4 Å². The summed E-state index contributed by atoms with van der Waals surface area (Å²) in [7, 11) is 0. The fourth-order valence-corrected chi connectivity index (χ4v) is 3.50. The molecule has 0 radical (unpaired) electrons. The Morgan fingerprint density at radius 3 is 2.54 bits per heavy atom. The van der Waals surface area contributed by atoms with Crippen LogP contribution in [0, 0.1) is 5.92 Å². The van der Waals surface area contributed by atoms with E-state index in [2.05, 4.69) is 19.1 Å². The number of nitrogens with two attached hydrogens (primary N) is 1. The third-order valence-electron chi connectivity index (χ3n) is 4.86. The van der Waals surface area contributed by atoms with Crippen LogP contribution in [-0.4, -0.2) is 36.5 Å². The summed E-state index contributed by atoms with van der Waals surface area (Å²) in [6, 6.07) is 18.4. The molecule has 0 bridgehead atoms. The second kappa shape index (κ2) is 9.60. The summed E-state index contributed by atoms with van der Waals surface area (Å²) in [5.74, 6) is 1.40. The zero-order valence-corrected chi connectivity index (χ0v) is 16.0. The van der Waals surface area contributed by atoms with Crippen molar-refractivity contribution in [2.24, 2.45) is 11.7 Å². The first-order valence-corrected chi connectivity index (χ1v) is 8.96. The van der Waals surface area contributed by atoms with E-state index in [0.717, 1.165) is 29.8 Å². The van der Waals surface area contributed by atoms with Crippen molar-refractivity contribution in [1.82, 2.24) is 4.90 Å². The van der Waals surface area contributed by atoms with Crippen LogP contribution in [0.5, 0.6) is 5.75 Å². The van der Waals surface area contributed by atoms with E-state index in [4.69, 9.17) is 10.5 Å². The number of nitrogens with zero attached hydrogens (tertiary/aromatic N) is 1. The van der Waals surface area contributed by atoms with Crippen LogP contribution in [-0.2, 0) is 4.79 Å². The number of hydrogen-bond donors (Lipinski definition) is 1. The lowest BCUT2D eigenvalue weighted by Crippen LogP contribution is -2.35. The molecule has 0 aromatic heterocycles. The summed E-state index contributed by atoms with van der Waals surface area (Å²) < 4.78 is 5.94. The normalized spacial score (nSPS) is 19.1. The Morgan fingerprint density at radius 1 is 1.15 bits per heavy atom. The maximum absolute atomic E-state index is 12.5. The van der Waals surface area contributed by atoms with Gasteiger partial charge < -0.3 is 15.4 Å². The zero-order valence-electron chi connectivity index (χ0n) is 15.1. The Kier molecular flexibility index (Phi) is 7.49. The van der Waals surface area contributed by atoms with Crippen molar-refractivity contribution in [2.45, 2.75) is 25.8 Å². The van der Waals surface area contributed by atoms with Gasteiger partial charge in [-0.2, -0.15) is 0 Å². The number of carbonyl (C=O) groups is 1. The summed E-state index contributed by atoms with van der Waals surface area (Å²) in [4.78, 5) is 14.4. The first-order valence-electron chi connectivity index (χ1n) is 8.96. The minimum absolute atomic E-state index is 0. The van der Waals surface area contributed by atoms with E-state index in [1.807, 2.05) is 47.4 Å². The largest absolute Gasteiger partial charge is 0.492 e. The second-order valence-corrected chi connectivity index (χ2v) is 6.69. The maximum atomic E-state index is 12.5. The SMILES string of the molecule is CC1CC(CN)CN1C(=O)CCOc1ccccc1-c1ccccc1.Cl. The molecule has 1 aliphatic rings. The van der Waals surface area contributed by atoms with Crippen molar-refractivity contribution in [3.8, 4) is 16.9 Å². The molecule has 2 aromatic carbocycles. The van der Waals surface area contributed by atoms with Gasteiger partial charge in [-0.05, 0) is 37.4 Å². The minimum atomic E-state index is 0. The number of ether oxygens (including phenoxy) is 1. The Bertz CT molecular complexity index is 708. The third kappa shape index (κ3) is 4.77. The molecule has 2 N–H and O–H groups in total. The molecule has 5 heteroatoms. The molecule has 3 rings (SSSR count). The number of rotatable bonds is 6. The van der Waals surface area contributed by atoms with Gasteiger partial charge >= 0.3 is 0 Å². The molecule has 1 saturated heterocycles. The molecule has 2 aromatic rings. The molecule has 0 spiro atoms. The van der Waals surface area contributed by atoms with Crippen LogP contribution in [0.1, 0.15) is 19.8 Å². The van der Waals surface area contributed by atoms with Crippen LogP contribution < -0.4 is 10.5 Å². The quantitative estimate of drug-likeness (QED) is 0.837. The van der Waals surface area contributed by atoms with E-state index in [1.165, 1.54) is 0 Å². The van der Waals surface area contributed by atoms with E-state index in [-0.39, 0.29) is 24.4 Å². The van der Waals surface area contributed by atoms with Gasteiger partial charge in [0.1, 0.15) is 5.75 Å². The van der Waals surface area contributed by atoms with Crippen molar-refractivity contribution >= 4 is 18.3 Å². The predicted molar refractivity (Wildman–Crippen MR) is 108 cm³/mol. The highest BCUT2D eigenvalue weighted by molar-refractivity contribution is 5.85. The van der Waals surface area contributed by atoms with Crippen molar-refractivity contribution in [3.05, 3.63) is 54.6 Å². The number of hydrogen-bond acceptors (Lipinski definition) is 3. The highest BCUT2D eigenvalue weighted by atomic mass is 35.5. The van der Waals surface area contributed by atoms with Gasteiger partial charge in [0.2, 0.25) is 5.91 Å². The molecule has 1 fully saturated rings. The van der Waals surface area contributed by atoms with Gasteiger partial charge in [0.05, 0.1) is 13.0 Å². The summed E-state index contributed by atoms with van der Waals surface area (Å²) in [6.45, 7) is 3.91. The van der Waals surface area contributed by atoms with Crippen LogP contribution in [0.15, 0.2) is 54.6 Å². The van der Waals surface area contributed by atoms with E-state index >= 15 is 0 Å². The van der Waals surface area contributed by atoms with Crippen molar-refractivity contribution in [3.63, 3.8) is 0 Å². The topological polar surface area (TPSA) is 55.6 Å². The number of para-hydroxylation sites is 1. The predicted octanol–water partition coefficient (Wildman–Crippen LogP) is 3.74. The fourth-order valence-electron chi connectivity index (χ4n) is 3.50. The number of carbonyl (C=O) groups excluding carboxylic acids is 1. The van der Waals surface area contributed by atoms with Crippen LogP contribution in [0.2, 0.25) is 0 Å². The van der Waals surface area contributed by atoms with Gasteiger partial charge in [-0.25, -0.2) is 0 Å². The monoisotopic (exact) mass is 374 g/mol. The molecule has 140 valence electrons. The van der Waals surface area contributed by atoms with E-state index < -0.39 is 0 Å². The highest BCUT2D eigenvalue weighted by Gasteiger charge is 2.31. The standard InChI is InChI=1S/C21H26N2O2.ClH/c1-16-13-17(14-22)15-23(16)21(24)11-12-25-20-10-6-5-9-19(20)18-7-3-2-4-8-18;/h2-10,16-17H,11-15,22H2,1H3;1H. The Morgan fingerprint density at radius 2 is 1.85 bits per heavy atom. The third-order valence-corrected chi connectivity index (χ3v) is 4.86. The van der Waals surface area contributed by atoms with Gasteiger partial charge in [-0.1, -0.05) is 48.5 Å². The van der Waals surface area contributed by atoms with Crippen LogP contribution in [0.25, 0.3) is 11.1 Å². The van der Waals surface area contributed by atoms with Gasteiger partial charge in [0.25, 0.3) is 0 Å². The van der Waals surface area contributed by atoms with E-state index in [0.29, 0.717) is 25.5 Å². The maximum Gasteiger partial charge on any atom is 0.226 e. The number of halogens is 1. The molecule has 2 atom stereocenters. The fraction of sp³-hybridized carbons (Fsp3) is 0.381.